The molecule has 0 atom stereocenters. The topological polar surface area (TPSA) is 74.8 Å². The van der Waals surface area contributed by atoms with Crippen molar-refractivity contribution in [2.75, 3.05) is 13.1 Å². The molecule has 1 saturated heterocycles. The molecule has 24 heavy (non-hydrogen) atoms. The number of carbonyl (C=O) groups is 1. The summed E-state index contributed by atoms with van der Waals surface area (Å²) in [4.78, 5) is 23.3. The number of hydrogen-bond acceptors (Lipinski definition) is 4. The quantitative estimate of drug-likeness (QED) is 0.937. The number of amides is 1. The van der Waals surface area contributed by atoms with Crippen LogP contribution in [-0.2, 0) is 6.42 Å². The average Bonchev–Trinajstić information content (AvgIpc) is 3.36. The molecule has 0 aromatic carbocycles. The number of pyridine rings is 1. The van der Waals surface area contributed by atoms with Crippen molar-refractivity contribution in [3.63, 3.8) is 0 Å². The van der Waals surface area contributed by atoms with E-state index in [4.69, 9.17) is 0 Å². The average molecular weight is 325 g/mol. The summed E-state index contributed by atoms with van der Waals surface area (Å²) in [6.07, 6.45) is 7.11. The van der Waals surface area contributed by atoms with Crippen LogP contribution >= 0.6 is 0 Å². The smallest absolute Gasteiger partial charge is 0.255 e. The molecule has 6 heteroatoms. The molecule has 1 N–H and O–H groups in total. The number of aromatic nitrogens is 4. The molecule has 1 amide bonds. The van der Waals surface area contributed by atoms with Crippen molar-refractivity contribution >= 4 is 5.91 Å². The van der Waals surface area contributed by atoms with Crippen molar-refractivity contribution in [1.29, 1.82) is 0 Å². The van der Waals surface area contributed by atoms with Gasteiger partial charge in [0, 0.05) is 37.3 Å². The number of nitrogens with one attached hydrogen (secondary N) is 1. The molecule has 1 aliphatic carbocycles. The summed E-state index contributed by atoms with van der Waals surface area (Å²) in [6.45, 7) is 3.54. The van der Waals surface area contributed by atoms with Crippen LogP contribution in [-0.4, -0.2) is 44.1 Å². The van der Waals surface area contributed by atoms with Gasteiger partial charge in [0.05, 0.1) is 5.56 Å². The Labute approximate surface area is 141 Å². The van der Waals surface area contributed by atoms with Crippen LogP contribution in [0.1, 0.15) is 59.3 Å². The van der Waals surface area contributed by atoms with Crippen molar-refractivity contribution in [2.24, 2.45) is 5.92 Å². The Balaban J connectivity index is 1.30. The number of rotatable bonds is 4. The minimum atomic E-state index is 0.0941. The predicted molar refractivity (Wildman–Crippen MR) is 89.7 cm³/mol. The molecule has 1 aliphatic heterocycles. The van der Waals surface area contributed by atoms with Crippen molar-refractivity contribution < 1.29 is 4.79 Å². The van der Waals surface area contributed by atoms with Crippen molar-refractivity contribution in [2.45, 2.75) is 44.9 Å². The molecule has 0 spiro atoms. The Morgan fingerprint density at radius 1 is 1.25 bits per heavy atom. The van der Waals surface area contributed by atoms with Crippen LogP contribution in [0.15, 0.2) is 18.3 Å². The number of aryl methyl sites for hydroxylation is 1. The SMILES string of the molecule is Cc1ccc(C(=O)N2CCC(Cc3nc(C4CC4)n[nH]3)CC2)cn1. The standard InChI is InChI=1S/C18H23N5O/c1-12-2-3-15(11-19-12)18(24)23-8-6-13(7-9-23)10-16-20-17(22-21-16)14-4-5-14/h2-3,11,13-14H,4-10H2,1H3,(H,20,21,22). The minimum absolute atomic E-state index is 0.0941. The Bertz CT molecular complexity index is 711. The van der Waals surface area contributed by atoms with E-state index >= 15 is 0 Å². The van der Waals surface area contributed by atoms with E-state index in [1.54, 1.807) is 6.20 Å². The highest BCUT2D eigenvalue weighted by atomic mass is 16.2. The maximum atomic E-state index is 12.5. The van der Waals surface area contributed by atoms with E-state index in [0.29, 0.717) is 17.4 Å². The molecule has 0 unspecified atom stereocenters. The molecule has 1 saturated carbocycles. The number of nitrogens with zero attached hydrogens (tertiary/aromatic N) is 4. The van der Waals surface area contributed by atoms with Crippen molar-refractivity contribution in [3.05, 3.63) is 41.2 Å². The van der Waals surface area contributed by atoms with E-state index < -0.39 is 0 Å². The van der Waals surface area contributed by atoms with Crippen LogP contribution in [0.3, 0.4) is 0 Å². The molecule has 6 nitrogen and oxygen atoms in total. The van der Waals surface area contributed by atoms with Gasteiger partial charge >= 0.3 is 0 Å². The van der Waals surface area contributed by atoms with Crippen LogP contribution in [0.2, 0.25) is 0 Å². The Morgan fingerprint density at radius 3 is 2.71 bits per heavy atom. The summed E-state index contributed by atoms with van der Waals surface area (Å²) in [7, 11) is 0. The number of likely N-dealkylation sites (tertiary alicyclic amines) is 1. The zero-order chi connectivity index (χ0) is 16.5. The molecule has 2 aromatic heterocycles. The van der Waals surface area contributed by atoms with Crippen LogP contribution in [0.25, 0.3) is 0 Å². The van der Waals surface area contributed by atoms with Gasteiger partial charge in [-0.2, -0.15) is 5.10 Å². The number of H-pyrrole nitrogens is 1. The highest BCUT2D eigenvalue weighted by Crippen LogP contribution is 2.37. The maximum absolute atomic E-state index is 12.5. The molecule has 0 bridgehead atoms. The zero-order valence-electron chi connectivity index (χ0n) is 14.0. The predicted octanol–water partition coefficient (Wildman–Crippen LogP) is 2.48. The minimum Gasteiger partial charge on any atom is -0.339 e. The molecule has 0 radical (unpaired) electrons. The van der Waals surface area contributed by atoms with Gasteiger partial charge in [0.25, 0.3) is 5.91 Å². The van der Waals surface area contributed by atoms with Crippen LogP contribution < -0.4 is 0 Å². The fourth-order valence-corrected chi connectivity index (χ4v) is 3.32. The van der Waals surface area contributed by atoms with Gasteiger partial charge in [0.15, 0.2) is 5.82 Å². The van der Waals surface area contributed by atoms with E-state index in [-0.39, 0.29) is 5.91 Å². The fourth-order valence-electron chi connectivity index (χ4n) is 3.32. The van der Waals surface area contributed by atoms with Crippen molar-refractivity contribution in [1.82, 2.24) is 25.1 Å². The first-order chi connectivity index (χ1) is 11.7. The lowest BCUT2D eigenvalue weighted by Gasteiger charge is -2.31. The largest absolute Gasteiger partial charge is 0.339 e. The number of carbonyl (C=O) groups excluding carboxylic acids is 1. The first kappa shape index (κ1) is 15.3. The number of piperidine rings is 1. The summed E-state index contributed by atoms with van der Waals surface area (Å²) >= 11 is 0. The molecule has 2 aliphatic rings. The molecular weight excluding hydrogens is 302 g/mol. The second kappa shape index (κ2) is 6.34. The van der Waals surface area contributed by atoms with Gasteiger partial charge in [-0.3, -0.25) is 14.9 Å². The lowest BCUT2D eigenvalue weighted by atomic mass is 9.93. The number of aromatic amines is 1. The van der Waals surface area contributed by atoms with Crippen molar-refractivity contribution in [3.8, 4) is 0 Å². The van der Waals surface area contributed by atoms with Gasteiger partial charge in [-0.05, 0) is 50.7 Å². The fraction of sp³-hybridized carbons (Fsp3) is 0.556. The highest BCUT2D eigenvalue weighted by molar-refractivity contribution is 5.93. The van der Waals surface area contributed by atoms with E-state index in [1.807, 2.05) is 24.0 Å². The number of hydrogen-bond donors (Lipinski definition) is 1. The monoisotopic (exact) mass is 325 g/mol. The molecule has 2 fully saturated rings. The summed E-state index contributed by atoms with van der Waals surface area (Å²) in [5.41, 5.74) is 1.62. The molecule has 2 aromatic rings. The Hall–Kier alpha value is -2.24. The summed E-state index contributed by atoms with van der Waals surface area (Å²) in [5, 5.41) is 7.42. The van der Waals surface area contributed by atoms with Crippen LogP contribution in [0.4, 0.5) is 0 Å². The zero-order valence-corrected chi connectivity index (χ0v) is 14.0. The van der Waals surface area contributed by atoms with E-state index in [2.05, 4.69) is 20.2 Å². The first-order valence-electron chi connectivity index (χ1n) is 8.82. The van der Waals surface area contributed by atoms with Gasteiger partial charge in [-0.15, -0.1) is 0 Å². The summed E-state index contributed by atoms with van der Waals surface area (Å²) in [5.74, 6) is 3.26. The van der Waals surface area contributed by atoms with E-state index in [9.17, 15) is 4.79 Å². The Kier molecular flexibility index (Phi) is 4.04. The van der Waals surface area contributed by atoms with Gasteiger partial charge in [0.2, 0.25) is 0 Å². The highest BCUT2D eigenvalue weighted by Gasteiger charge is 2.29. The third-order valence-corrected chi connectivity index (χ3v) is 5.03. The van der Waals surface area contributed by atoms with Gasteiger partial charge < -0.3 is 4.90 Å². The third-order valence-electron chi connectivity index (χ3n) is 5.03. The second-order valence-electron chi connectivity index (χ2n) is 7.04. The second-order valence-corrected chi connectivity index (χ2v) is 7.04. The van der Waals surface area contributed by atoms with E-state index in [0.717, 1.165) is 49.7 Å². The normalized spacial score (nSPS) is 18.8. The molecule has 3 heterocycles. The van der Waals surface area contributed by atoms with Gasteiger partial charge in [0.1, 0.15) is 5.82 Å². The first-order valence-corrected chi connectivity index (χ1v) is 8.82. The molecule has 4 rings (SSSR count). The maximum Gasteiger partial charge on any atom is 0.255 e. The summed E-state index contributed by atoms with van der Waals surface area (Å²) < 4.78 is 0. The van der Waals surface area contributed by atoms with Crippen LogP contribution in [0.5, 0.6) is 0 Å². The lowest BCUT2D eigenvalue weighted by Crippen LogP contribution is -2.39. The molecular formula is C18H23N5O. The van der Waals surface area contributed by atoms with Gasteiger partial charge in [-0.25, -0.2) is 4.98 Å². The molecule has 126 valence electrons. The van der Waals surface area contributed by atoms with E-state index in [1.165, 1.54) is 12.8 Å². The van der Waals surface area contributed by atoms with Gasteiger partial charge in [-0.1, -0.05) is 0 Å². The van der Waals surface area contributed by atoms with Crippen LogP contribution in [0, 0.1) is 12.8 Å². The summed E-state index contributed by atoms with van der Waals surface area (Å²) in [6, 6.07) is 3.76. The lowest BCUT2D eigenvalue weighted by molar-refractivity contribution is 0.0689. The third kappa shape index (κ3) is 3.32. The Morgan fingerprint density at radius 2 is 2.04 bits per heavy atom.